The van der Waals surface area contributed by atoms with Gasteiger partial charge < -0.3 is 4.74 Å². The van der Waals surface area contributed by atoms with Crippen LogP contribution in [0.5, 0.6) is 0 Å². The lowest BCUT2D eigenvalue weighted by Gasteiger charge is -2.36. The Kier molecular flexibility index (Phi) is 5.59. The second-order valence-electron chi connectivity index (χ2n) is 4.82. The molecule has 1 aromatic heterocycles. The number of rotatable bonds is 6. The normalized spacial score (nSPS) is 23.1. The molecule has 1 aromatic rings. The van der Waals surface area contributed by atoms with Crippen LogP contribution in [0.1, 0.15) is 18.9 Å². The fourth-order valence-electron chi connectivity index (χ4n) is 2.45. The molecule has 4 nitrogen and oxygen atoms in total. The summed E-state index contributed by atoms with van der Waals surface area (Å²) in [6.07, 6.45) is 2.32. The van der Waals surface area contributed by atoms with E-state index in [0.717, 1.165) is 32.7 Å². The standard InChI is InChI=1S/C13H23N3OS/c1-2-4-16-5-6-17-13(9-16)12(15-14)8-11-3-7-18-10-11/h3,7,10,12-13,15H,2,4-6,8-9,14H2,1H3. The summed E-state index contributed by atoms with van der Waals surface area (Å²) in [5, 5.41) is 4.28. The first-order chi connectivity index (χ1) is 8.83. The molecule has 2 rings (SSSR count). The summed E-state index contributed by atoms with van der Waals surface area (Å²) in [4.78, 5) is 2.46. The molecule has 0 radical (unpaired) electrons. The molecule has 1 aliphatic rings. The molecular formula is C13H23N3OS. The molecule has 2 unspecified atom stereocenters. The van der Waals surface area contributed by atoms with E-state index in [1.807, 2.05) is 0 Å². The third-order valence-electron chi connectivity index (χ3n) is 3.42. The Labute approximate surface area is 113 Å². The van der Waals surface area contributed by atoms with E-state index in [0.29, 0.717) is 0 Å². The summed E-state index contributed by atoms with van der Waals surface area (Å²) < 4.78 is 5.88. The number of hydrogen-bond acceptors (Lipinski definition) is 5. The molecule has 0 aliphatic carbocycles. The van der Waals surface area contributed by atoms with E-state index < -0.39 is 0 Å². The zero-order valence-electron chi connectivity index (χ0n) is 11.0. The summed E-state index contributed by atoms with van der Waals surface area (Å²) >= 11 is 1.73. The third-order valence-corrected chi connectivity index (χ3v) is 4.15. The van der Waals surface area contributed by atoms with Crippen molar-refractivity contribution in [1.29, 1.82) is 0 Å². The van der Waals surface area contributed by atoms with E-state index in [4.69, 9.17) is 10.6 Å². The largest absolute Gasteiger partial charge is 0.374 e. The van der Waals surface area contributed by atoms with Crippen molar-refractivity contribution in [3.63, 3.8) is 0 Å². The fraction of sp³-hybridized carbons (Fsp3) is 0.692. The molecular weight excluding hydrogens is 246 g/mol. The minimum absolute atomic E-state index is 0.190. The molecule has 0 aromatic carbocycles. The fourth-order valence-corrected chi connectivity index (χ4v) is 3.14. The smallest absolute Gasteiger partial charge is 0.0871 e. The quantitative estimate of drug-likeness (QED) is 0.602. The molecule has 1 saturated heterocycles. The van der Waals surface area contributed by atoms with Crippen LogP contribution in [0.2, 0.25) is 0 Å². The molecule has 0 spiro atoms. The highest BCUT2D eigenvalue weighted by Gasteiger charge is 2.27. The van der Waals surface area contributed by atoms with Gasteiger partial charge in [-0.3, -0.25) is 16.2 Å². The van der Waals surface area contributed by atoms with Crippen molar-refractivity contribution in [2.75, 3.05) is 26.2 Å². The van der Waals surface area contributed by atoms with Gasteiger partial charge in [-0.15, -0.1) is 0 Å². The lowest BCUT2D eigenvalue weighted by atomic mass is 10.0. The lowest BCUT2D eigenvalue weighted by Crippen LogP contribution is -2.54. The van der Waals surface area contributed by atoms with Gasteiger partial charge >= 0.3 is 0 Å². The van der Waals surface area contributed by atoms with Crippen LogP contribution in [0, 0.1) is 0 Å². The van der Waals surface area contributed by atoms with Crippen molar-refractivity contribution in [2.24, 2.45) is 5.84 Å². The number of nitrogens with two attached hydrogens (primary N) is 1. The zero-order valence-corrected chi connectivity index (χ0v) is 11.8. The minimum atomic E-state index is 0.190. The van der Waals surface area contributed by atoms with Crippen LogP contribution in [-0.2, 0) is 11.2 Å². The van der Waals surface area contributed by atoms with Crippen LogP contribution >= 0.6 is 11.3 Å². The topological polar surface area (TPSA) is 50.5 Å². The number of nitrogens with zero attached hydrogens (tertiary/aromatic N) is 1. The van der Waals surface area contributed by atoms with Gasteiger partial charge in [-0.25, -0.2) is 0 Å². The first-order valence-electron chi connectivity index (χ1n) is 6.64. The predicted octanol–water partition coefficient (Wildman–Crippen LogP) is 1.23. The molecule has 2 atom stereocenters. The van der Waals surface area contributed by atoms with Crippen molar-refractivity contribution in [3.05, 3.63) is 22.4 Å². The average molecular weight is 269 g/mol. The zero-order chi connectivity index (χ0) is 12.8. The van der Waals surface area contributed by atoms with Crippen molar-refractivity contribution in [3.8, 4) is 0 Å². The van der Waals surface area contributed by atoms with Crippen LogP contribution in [0.15, 0.2) is 16.8 Å². The molecule has 1 aliphatic heterocycles. The lowest BCUT2D eigenvalue weighted by molar-refractivity contribution is -0.0462. The summed E-state index contributed by atoms with van der Waals surface area (Å²) in [5.74, 6) is 5.69. The molecule has 3 N–H and O–H groups in total. The molecule has 0 amide bonds. The second-order valence-corrected chi connectivity index (χ2v) is 5.60. The van der Waals surface area contributed by atoms with E-state index in [2.05, 4.69) is 34.1 Å². The van der Waals surface area contributed by atoms with Gasteiger partial charge in [-0.2, -0.15) is 11.3 Å². The Balaban J connectivity index is 1.90. The number of morpholine rings is 1. The minimum Gasteiger partial charge on any atom is -0.374 e. The van der Waals surface area contributed by atoms with E-state index in [1.54, 1.807) is 11.3 Å². The molecule has 1 fully saturated rings. The number of hydrogen-bond donors (Lipinski definition) is 2. The first kappa shape index (κ1) is 14.0. The van der Waals surface area contributed by atoms with Gasteiger partial charge in [-0.05, 0) is 41.8 Å². The van der Waals surface area contributed by atoms with Crippen molar-refractivity contribution < 1.29 is 4.74 Å². The number of ether oxygens (including phenoxy) is 1. The molecule has 5 heteroatoms. The Morgan fingerprint density at radius 2 is 2.56 bits per heavy atom. The summed E-state index contributed by atoms with van der Waals surface area (Å²) in [7, 11) is 0. The van der Waals surface area contributed by atoms with Gasteiger partial charge in [0.2, 0.25) is 0 Å². The molecule has 0 bridgehead atoms. The van der Waals surface area contributed by atoms with Gasteiger partial charge in [0, 0.05) is 13.1 Å². The number of hydrazine groups is 1. The molecule has 2 heterocycles. The molecule has 18 heavy (non-hydrogen) atoms. The van der Waals surface area contributed by atoms with E-state index in [-0.39, 0.29) is 12.1 Å². The van der Waals surface area contributed by atoms with Crippen LogP contribution in [-0.4, -0.2) is 43.3 Å². The highest BCUT2D eigenvalue weighted by atomic mass is 32.1. The van der Waals surface area contributed by atoms with E-state index in [1.165, 1.54) is 12.0 Å². The highest BCUT2D eigenvalue weighted by Crippen LogP contribution is 2.15. The first-order valence-corrected chi connectivity index (χ1v) is 7.59. The highest BCUT2D eigenvalue weighted by molar-refractivity contribution is 7.07. The maximum absolute atomic E-state index is 5.88. The number of nitrogens with one attached hydrogen (secondary N) is 1. The van der Waals surface area contributed by atoms with Gasteiger partial charge in [0.15, 0.2) is 0 Å². The van der Waals surface area contributed by atoms with Crippen molar-refractivity contribution >= 4 is 11.3 Å². The Hall–Kier alpha value is -0.460. The average Bonchev–Trinajstić information content (AvgIpc) is 2.89. The Bertz CT molecular complexity index is 329. The molecule has 102 valence electrons. The monoisotopic (exact) mass is 269 g/mol. The van der Waals surface area contributed by atoms with Gasteiger partial charge in [-0.1, -0.05) is 6.92 Å². The summed E-state index contributed by atoms with van der Waals surface area (Å²) in [5.41, 5.74) is 4.26. The van der Waals surface area contributed by atoms with Gasteiger partial charge in [0.1, 0.15) is 0 Å². The van der Waals surface area contributed by atoms with Crippen molar-refractivity contribution in [2.45, 2.75) is 31.9 Å². The maximum atomic E-state index is 5.88. The van der Waals surface area contributed by atoms with Crippen LogP contribution in [0.25, 0.3) is 0 Å². The van der Waals surface area contributed by atoms with E-state index in [9.17, 15) is 0 Å². The summed E-state index contributed by atoms with van der Waals surface area (Å²) in [6.45, 7) is 6.20. The SMILES string of the molecule is CCCN1CCOC(C(Cc2ccsc2)NN)C1. The van der Waals surface area contributed by atoms with Crippen molar-refractivity contribution in [1.82, 2.24) is 10.3 Å². The van der Waals surface area contributed by atoms with E-state index >= 15 is 0 Å². The van der Waals surface area contributed by atoms with Crippen LogP contribution in [0.4, 0.5) is 0 Å². The van der Waals surface area contributed by atoms with Gasteiger partial charge in [0.25, 0.3) is 0 Å². The second kappa shape index (κ2) is 7.21. The Morgan fingerprint density at radius 3 is 3.22 bits per heavy atom. The third kappa shape index (κ3) is 3.76. The van der Waals surface area contributed by atoms with Crippen LogP contribution < -0.4 is 11.3 Å². The maximum Gasteiger partial charge on any atom is 0.0871 e. The molecule has 0 saturated carbocycles. The van der Waals surface area contributed by atoms with Gasteiger partial charge in [0.05, 0.1) is 18.8 Å². The number of thiophene rings is 1. The van der Waals surface area contributed by atoms with Crippen LogP contribution in [0.3, 0.4) is 0 Å². The summed E-state index contributed by atoms with van der Waals surface area (Å²) in [6, 6.07) is 2.35. The predicted molar refractivity (Wildman–Crippen MR) is 75.6 cm³/mol. The Morgan fingerprint density at radius 1 is 1.67 bits per heavy atom.